The van der Waals surface area contributed by atoms with Gasteiger partial charge in [-0.05, 0) is 23.8 Å². The first kappa shape index (κ1) is 11.3. The summed E-state index contributed by atoms with van der Waals surface area (Å²) in [5.74, 6) is 0.732. The van der Waals surface area contributed by atoms with Gasteiger partial charge in [0.1, 0.15) is 0 Å². The second-order valence-corrected chi connectivity index (χ2v) is 4.82. The number of rotatable bonds is 3. The number of nitrogens with zero attached hydrogens (tertiary/aromatic N) is 1. The lowest BCUT2D eigenvalue weighted by Crippen LogP contribution is -2.30. The van der Waals surface area contributed by atoms with Gasteiger partial charge in [0, 0.05) is 13.1 Å². The molecule has 1 aliphatic rings. The van der Waals surface area contributed by atoms with Gasteiger partial charge in [0.05, 0.1) is 0 Å². The predicted molar refractivity (Wildman–Crippen MR) is 59.0 cm³/mol. The molecule has 1 aliphatic heterocycles. The average molecular weight is 195 g/mol. The first-order valence-electron chi connectivity index (χ1n) is 5.42. The van der Waals surface area contributed by atoms with E-state index in [0.29, 0.717) is 11.3 Å². The molecule has 0 aromatic heterocycles. The van der Waals surface area contributed by atoms with Crippen molar-refractivity contribution in [1.29, 1.82) is 0 Å². The van der Waals surface area contributed by atoms with Crippen LogP contribution in [0.4, 0.5) is 0 Å². The number of likely N-dealkylation sites (tertiary alicyclic amines) is 1. The molecule has 0 aliphatic carbocycles. The van der Waals surface area contributed by atoms with Gasteiger partial charge in [-0.15, -0.1) is 0 Å². The Kier molecular flexibility index (Phi) is 3.35. The summed E-state index contributed by atoms with van der Waals surface area (Å²) in [5, 5.41) is 0. The van der Waals surface area contributed by atoms with Gasteiger partial charge in [0.15, 0.2) is 0 Å². The summed E-state index contributed by atoms with van der Waals surface area (Å²) >= 11 is 0. The molecule has 1 atom stereocenters. The normalized spacial score (nSPS) is 22.5. The Bertz CT molecular complexity index is 232. The third kappa shape index (κ3) is 2.17. The molecule has 80 valence electrons. The molecule has 0 spiro atoms. The molecule has 0 saturated carbocycles. The van der Waals surface area contributed by atoms with Crippen molar-refractivity contribution < 1.29 is 4.79 Å². The van der Waals surface area contributed by atoms with Crippen LogP contribution >= 0.6 is 0 Å². The fourth-order valence-corrected chi connectivity index (χ4v) is 2.02. The lowest BCUT2D eigenvalue weighted by Gasteiger charge is -2.30. The lowest BCUT2D eigenvalue weighted by atomic mass is 9.76. The maximum Gasteiger partial charge on any atom is 0.245 e. The molecule has 1 heterocycles. The zero-order valence-corrected chi connectivity index (χ0v) is 9.55. The van der Waals surface area contributed by atoms with E-state index in [1.54, 1.807) is 0 Å². The monoisotopic (exact) mass is 195 g/mol. The molecule has 1 saturated heterocycles. The van der Waals surface area contributed by atoms with E-state index in [1.807, 2.05) is 4.90 Å². The van der Waals surface area contributed by atoms with Gasteiger partial charge in [0.2, 0.25) is 5.91 Å². The maximum atomic E-state index is 11.4. The van der Waals surface area contributed by atoms with Gasteiger partial charge < -0.3 is 4.90 Å². The first-order chi connectivity index (χ1) is 6.51. The van der Waals surface area contributed by atoms with E-state index in [4.69, 9.17) is 0 Å². The highest BCUT2D eigenvalue weighted by molar-refractivity contribution is 5.87. The van der Waals surface area contributed by atoms with Crippen molar-refractivity contribution in [2.24, 2.45) is 11.3 Å². The number of amides is 1. The predicted octanol–water partition coefficient (Wildman–Crippen LogP) is 2.46. The Morgan fingerprint density at radius 3 is 2.79 bits per heavy atom. The van der Waals surface area contributed by atoms with Gasteiger partial charge in [-0.1, -0.05) is 33.8 Å². The zero-order chi connectivity index (χ0) is 10.8. The number of hydrogen-bond donors (Lipinski definition) is 0. The first-order valence-corrected chi connectivity index (χ1v) is 5.42. The summed E-state index contributed by atoms with van der Waals surface area (Å²) in [4.78, 5) is 13.3. The second kappa shape index (κ2) is 4.16. The minimum atomic E-state index is 0.0828. The molecule has 1 amide bonds. The molecule has 1 unspecified atom stereocenters. The van der Waals surface area contributed by atoms with Crippen LogP contribution in [0.3, 0.4) is 0 Å². The quantitative estimate of drug-likeness (QED) is 0.633. The second-order valence-electron chi connectivity index (χ2n) is 4.82. The molecule has 0 N–H and O–H groups in total. The zero-order valence-electron chi connectivity index (χ0n) is 9.55. The highest BCUT2D eigenvalue weighted by Gasteiger charge is 2.34. The fourth-order valence-electron chi connectivity index (χ4n) is 2.02. The summed E-state index contributed by atoms with van der Waals surface area (Å²) in [5.41, 5.74) is 0.357. The molecule has 0 bridgehead atoms. The van der Waals surface area contributed by atoms with Crippen molar-refractivity contribution in [2.75, 3.05) is 13.1 Å². The molecule has 2 nitrogen and oxygen atoms in total. The highest BCUT2D eigenvalue weighted by Crippen LogP contribution is 2.36. The van der Waals surface area contributed by atoms with Gasteiger partial charge in [-0.25, -0.2) is 0 Å². The van der Waals surface area contributed by atoms with Crippen LogP contribution in [0.2, 0.25) is 0 Å². The molecule has 14 heavy (non-hydrogen) atoms. The third-order valence-electron chi connectivity index (χ3n) is 3.69. The number of carbonyl (C=O) groups is 1. The average Bonchev–Trinajstić information content (AvgIpc) is 2.66. The van der Waals surface area contributed by atoms with E-state index in [1.165, 1.54) is 12.5 Å². The van der Waals surface area contributed by atoms with Gasteiger partial charge in [-0.3, -0.25) is 4.79 Å². The topological polar surface area (TPSA) is 20.3 Å². The van der Waals surface area contributed by atoms with Gasteiger partial charge >= 0.3 is 0 Å². The van der Waals surface area contributed by atoms with Crippen molar-refractivity contribution in [1.82, 2.24) is 4.90 Å². The standard InChI is InChI=1S/C12H21NO/c1-5-11(14)13-8-7-10(9-13)12(3,4)6-2/h5,10H,1,6-9H2,2-4H3. The molecule has 0 aromatic rings. The molecular formula is C12H21NO. The Morgan fingerprint density at radius 1 is 1.64 bits per heavy atom. The van der Waals surface area contributed by atoms with Crippen molar-refractivity contribution in [2.45, 2.75) is 33.6 Å². The van der Waals surface area contributed by atoms with E-state index in [0.717, 1.165) is 19.5 Å². The van der Waals surface area contributed by atoms with Crippen LogP contribution in [-0.4, -0.2) is 23.9 Å². The van der Waals surface area contributed by atoms with Crippen molar-refractivity contribution in [3.05, 3.63) is 12.7 Å². The Hall–Kier alpha value is -0.790. The molecule has 1 fully saturated rings. The molecule has 1 rings (SSSR count). The summed E-state index contributed by atoms with van der Waals surface area (Å²) in [6, 6.07) is 0. The molecular weight excluding hydrogens is 174 g/mol. The van der Waals surface area contributed by atoms with E-state index in [9.17, 15) is 4.79 Å². The van der Waals surface area contributed by atoms with Crippen LogP contribution in [0.25, 0.3) is 0 Å². The van der Waals surface area contributed by atoms with Crippen LogP contribution in [0, 0.1) is 11.3 Å². The van der Waals surface area contributed by atoms with Crippen molar-refractivity contribution >= 4 is 5.91 Å². The van der Waals surface area contributed by atoms with E-state index in [2.05, 4.69) is 27.4 Å². The third-order valence-corrected chi connectivity index (χ3v) is 3.69. The van der Waals surface area contributed by atoms with Crippen LogP contribution in [-0.2, 0) is 4.79 Å². The van der Waals surface area contributed by atoms with Crippen LogP contribution in [0.5, 0.6) is 0 Å². The fraction of sp³-hybridized carbons (Fsp3) is 0.750. The van der Waals surface area contributed by atoms with Crippen LogP contribution in [0.1, 0.15) is 33.6 Å². The number of hydrogen-bond acceptors (Lipinski definition) is 1. The van der Waals surface area contributed by atoms with Gasteiger partial charge in [0.25, 0.3) is 0 Å². The SMILES string of the molecule is C=CC(=O)N1CCC(C(C)(C)CC)C1. The van der Waals surface area contributed by atoms with Crippen molar-refractivity contribution in [3.8, 4) is 0 Å². The number of carbonyl (C=O) groups excluding carboxylic acids is 1. The Morgan fingerprint density at radius 2 is 2.29 bits per heavy atom. The van der Waals surface area contributed by atoms with Gasteiger partial charge in [-0.2, -0.15) is 0 Å². The minimum absolute atomic E-state index is 0.0828. The maximum absolute atomic E-state index is 11.4. The van der Waals surface area contributed by atoms with Crippen LogP contribution < -0.4 is 0 Å². The van der Waals surface area contributed by atoms with Crippen LogP contribution in [0.15, 0.2) is 12.7 Å². The summed E-state index contributed by atoms with van der Waals surface area (Å²) in [6.07, 6.45) is 3.73. The van der Waals surface area contributed by atoms with E-state index in [-0.39, 0.29) is 5.91 Å². The Balaban J connectivity index is 2.57. The van der Waals surface area contributed by atoms with E-state index >= 15 is 0 Å². The van der Waals surface area contributed by atoms with Crippen molar-refractivity contribution in [3.63, 3.8) is 0 Å². The lowest BCUT2D eigenvalue weighted by molar-refractivity contribution is -0.125. The summed E-state index contributed by atoms with van der Waals surface area (Å²) in [6.45, 7) is 12.1. The van der Waals surface area contributed by atoms with E-state index < -0.39 is 0 Å². The molecule has 0 aromatic carbocycles. The largest absolute Gasteiger partial charge is 0.339 e. The summed E-state index contributed by atoms with van der Waals surface area (Å²) < 4.78 is 0. The highest BCUT2D eigenvalue weighted by atomic mass is 16.2. The minimum Gasteiger partial charge on any atom is -0.339 e. The Labute approximate surface area is 87.0 Å². The molecule has 2 heteroatoms. The summed E-state index contributed by atoms with van der Waals surface area (Å²) in [7, 11) is 0. The molecule has 0 radical (unpaired) electrons. The smallest absolute Gasteiger partial charge is 0.245 e.